The third kappa shape index (κ3) is 4.03. The topological polar surface area (TPSA) is 94.5 Å². The Morgan fingerprint density at radius 1 is 1.22 bits per heavy atom. The summed E-state index contributed by atoms with van der Waals surface area (Å²) in [5.74, 6) is 0.804. The summed E-state index contributed by atoms with van der Waals surface area (Å²) in [5, 5.41) is 8.58. The number of nitrogens with one attached hydrogen (secondary N) is 2. The Morgan fingerprint density at radius 2 is 2.04 bits per heavy atom. The highest BCUT2D eigenvalue weighted by molar-refractivity contribution is 7.13. The molecule has 0 aliphatic carbocycles. The number of hydrogen-bond acceptors (Lipinski definition) is 6. The fraction of sp³-hybridized carbons (Fsp3) is 0.278. The average molecular weight is 388 g/mol. The Hall–Kier alpha value is -3.07. The molecule has 9 heteroatoms. The number of carbonyl (C=O) groups excluding carboxylic acids is 2. The number of thiazole rings is 1. The van der Waals surface area contributed by atoms with Crippen LogP contribution in [0.3, 0.4) is 0 Å². The molecule has 2 N–H and O–H groups in total. The van der Waals surface area contributed by atoms with Crippen LogP contribution in [-0.2, 0) is 11.8 Å². The van der Waals surface area contributed by atoms with E-state index >= 15 is 0 Å². The molecule has 0 saturated carbocycles. The second kappa shape index (κ2) is 8.09. The zero-order chi connectivity index (χ0) is 19.4. The number of fused-ring (bicyclic) bond motifs is 1. The Labute approximate surface area is 160 Å². The van der Waals surface area contributed by atoms with Crippen LogP contribution >= 0.6 is 11.3 Å². The molecule has 142 valence electrons. The van der Waals surface area contributed by atoms with Crippen LogP contribution in [0.25, 0.3) is 10.9 Å². The number of methoxy groups -OCH3 is 2. The van der Waals surface area contributed by atoms with Crippen LogP contribution in [0, 0.1) is 0 Å². The summed E-state index contributed by atoms with van der Waals surface area (Å²) in [6.45, 7) is 0.220. The number of anilines is 1. The van der Waals surface area contributed by atoms with Crippen LogP contribution in [0.5, 0.6) is 11.5 Å². The van der Waals surface area contributed by atoms with Gasteiger partial charge < -0.3 is 24.7 Å². The van der Waals surface area contributed by atoms with Gasteiger partial charge >= 0.3 is 0 Å². The van der Waals surface area contributed by atoms with E-state index in [9.17, 15) is 9.59 Å². The number of nitrogens with zero attached hydrogens (tertiary/aromatic N) is 2. The van der Waals surface area contributed by atoms with E-state index in [-0.39, 0.29) is 24.8 Å². The number of amides is 2. The lowest BCUT2D eigenvalue weighted by Gasteiger charge is -2.08. The number of benzene rings is 1. The minimum absolute atomic E-state index is 0.159. The van der Waals surface area contributed by atoms with Crippen molar-refractivity contribution in [3.63, 3.8) is 0 Å². The maximum Gasteiger partial charge on any atom is 0.267 e. The van der Waals surface area contributed by atoms with Crippen LogP contribution < -0.4 is 20.1 Å². The van der Waals surface area contributed by atoms with Gasteiger partial charge in [0.25, 0.3) is 5.91 Å². The third-order valence-corrected chi connectivity index (χ3v) is 4.79. The van der Waals surface area contributed by atoms with Crippen LogP contribution in [-0.4, -0.2) is 42.1 Å². The first kappa shape index (κ1) is 18.7. The second-order valence-corrected chi connectivity index (χ2v) is 6.64. The fourth-order valence-electron chi connectivity index (χ4n) is 2.72. The summed E-state index contributed by atoms with van der Waals surface area (Å²) in [5.41, 5.74) is 1.29. The first-order valence-corrected chi connectivity index (χ1v) is 9.10. The zero-order valence-electron chi connectivity index (χ0n) is 15.2. The highest BCUT2D eigenvalue weighted by atomic mass is 32.1. The van der Waals surface area contributed by atoms with Crippen molar-refractivity contribution >= 4 is 39.2 Å². The molecular weight excluding hydrogens is 368 g/mol. The van der Waals surface area contributed by atoms with Crippen LogP contribution in [0.1, 0.15) is 16.9 Å². The number of hydrogen-bond donors (Lipinski definition) is 2. The van der Waals surface area contributed by atoms with Crippen molar-refractivity contribution < 1.29 is 19.1 Å². The van der Waals surface area contributed by atoms with E-state index in [1.54, 1.807) is 49.5 Å². The summed E-state index contributed by atoms with van der Waals surface area (Å²) in [6, 6.07) is 5.38. The normalized spacial score (nSPS) is 10.6. The summed E-state index contributed by atoms with van der Waals surface area (Å²) in [6.07, 6.45) is 1.78. The number of rotatable bonds is 7. The maximum absolute atomic E-state index is 12.5. The number of ether oxygens (including phenoxy) is 2. The van der Waals surface area contributed by atoms with Gasteiger partial charge in [0, 0.05) is 49.1 Å². The molecule has 2 aromatic heterocycles. The fourth-order valence-corrected chi connectivity index (χ4v) is 3.27. The molecule has 3 aromatic rings. The second-order valence-electron chi connectivity index (χ2n) is 5.74. The molecule has 0 radical (unpaired) electrons. The predicted octanol–water partition coefficient (Wildman–Crippen LogP) is 2.41. The van der Waals surface area contributed by atoms with Crippen LogP contribution in [0.4, 0.5) is 5.13 Å². The van der Waals surface area contributed by atoms with Gasteiger partial charge in [-0.05, 0) is 6.07 Å². The lowest BCUT2D eigenvalue weighted by molar-refractivity contribution is -0.116. The van der Waals surface area contributed by atoms with Crippen molar-refractivity contribution in [3.05, 3.63) is 35.5 Å². The number of aromatic nitrogens is 2. The molecule has 2 amide bonds. The predicted molar refractivity (Wildman–Crippen MR) is 104 cm³/mol. The van der Waals surface area contributed by atoms with Crippen molar-refractivity contribution in [1.82, 2.24) is 14.9 Å². The smallest absolute Gasteiger partial charge is 0.267 e. The molecule has 0 aliphatic heterocycles. The standard InChI is InChI=1S/C18H20N4O4S/c1-22-13-8-11(25-2)9-15(26-3)12(13)10-14(22)17(24)19-5-4-16(23)21-18-20-6-7-27-18/h6-10H,4-5H2,1-3H3,(H,19,24)(H,20,21,23). The first-order valence-electron chi connectivity index (χ1n) is 8.22. The lowest BCUT2D eigenvalue weighted by Crippen LogP contribution is -2.29. The monoisotopic (exact) mass is 388 g/mol. The molecule has 27 heavy (non-hydrogen) atoms. The van der Waals surface area contributed by atoms with Crippen LogP contribution in [0.15, 0.2) is 29.8 Å². The SMILES string of the molecule is COc1cc(OC)c2cc(C(=O)NCCC(=O)Nc3nccs3)n(C)c2c1. The first-order chi connectivity index (χ1) is 13.0. The quantitative estimate of drug-likeness (QED) is 0.648. The zero-order valence-corrected chi connectivity index (χ0v) is 16.1. The average Bonchev–Trinajstić information content (AvgIpc) is 3.29. The van der Waals surface area contributed by atoms with Gasteiger partial charge in [-0.25, -0.2) is 4.98 Å². The summed E-state index contributed by atoms with van der Waals surface area (Å²) >= 11 is 1.34. The van der Waals surface area contributed by atoms with Gasteiger partial charge in [-0.15, -0.1) is 11.3 Å². The summed E-state index contributed by atoms with van der Waals surface area (Å²) < 4.78 is 12.4. The molecule has 0 spiro atoms. The van der Waals surface area contributed by atoms with Gasteiger partial charge in [-0.1, -0.05) is 0 Å². The molecule has 3 rings (SSSR count). The van der Waals surface area contributed by atoms with Gasteiger partial charge in [0.15, 0.2) is 5.13 Å². The molecule has 0 aliphatic rings. The minimum Gasteiger partial charge on any atom is -0.497 e. The molecular formula is C18H20N4O4S. The van der Waals surface area contributed by atoms with Crippen molar-refractivity contribution in [2.24, 2.45) is 7.05 Å². The van der Waals surface area contributed by atoms with E-state index < -0.39 is 0 Å². The molecule has 0 bridgehead atoms. The molecule has 1 aromatic carbocycles. The lowest BCUT2D eigenvalue weighted by atomic mass is 10.2. The van der Waals surface area contributed by atoms with Crippen molar-refractivity contribution in [3.8, 4) is 11.5 Å². The van der Waals surface area contributed by atoms with E-state index in [4.69, 9.17) is 9.47 Å². The summed E-state index contributed by atoms with van der Waals surface area (Å²) in [7, 11) is 4.95. The number of aryl methyl sites for hydroxylation is 1. The van der Waals surface area contributed by atoms with Crippen molar-refractivity contribution in [2.75, 3.05) is 26.1 Å². The number of carbonyl (C=O) groups is 2. The minimum atomic E-state index is -0.267. The largest absolute Gasteiger partial charge is 0.497 e. The maximum atomic E-state index is 12.5. The molecule has 0 unspecified atom stereocenters. The van der Waals surface area contributed by atoms with Crippen molar-refractivity contribution in [2.45, 2.75) is 6.42 Å². The van der Waals surface area contributed by atoms with Gasteiger partial charge in [-0.3, -0.25) is 9.59 Å². The third-order valence-electron chi connectivity index (χ3n) is 4.10. The highest BCUT2D eigenvalue weighted by Gasteiger charge is 2.17. The molecule has 0 fully saturated rings. The Balaban J connectivity index is 1.68. The van der Waals surface area contributed by atoms with Gasteiger partial charge in [0.1, 0.15) is 17.2 Å². The molecule has 8 nitrogen and oxygen atoms in total. The Kier molecular flexibility index (Phi) is 5.60. The Bertz CT molecular complexity index is 966. The van der Waals surface area contributed by atoms with Crippen molar-refractivity contribution in [1.29, 1.82) is 0 Å². The van der Waals surface area contributed by atoms with E-state index in [0.717, 1.165) is 10.9 Å². The van der Waals surface area contributed by atoms with E-state index in [0.29, 0.717) is 22.3 Å². The Morgan fingerprint density at radius 3 is 2.70 bits per heavy atom. The van der Waals surface area contributed by atoms with Crippen LogP contribution in [0.2, 0.25) is 0 Å². The summed E-state index contributed by atoms with van der Waals surface area (Å²) in [4.78, 5) is 28.4. The van der Waals surface area contributed by atoms with E-state index in [2.05, 4.69) is 15.6 Å². The van der Waals surface area contributed by atoms with E-state index in [1.807, 2.05) is 6.07 Å². The van der Waals surface area contributed by atoms with Gasteiger partial charge in [-0.2, -0.15) is 0 Å². The highest BCUT2D eigenvalue weighted by Crippen LogP contribution is 2.33. The van der Waals surface area contributed by atoms with Gasteiger partial charge in [0.05, 0.1) is 19.7 Å². The molecule has 0 saturated heterocycles. The van der Waals surface area contributed by atoms with E-state index in [1.165, 1.54) is 11.3 Å². The molecule has 2 heterocycles. The molecule has 0 atom stereocenters. The van der Waals surface area contributed by atoms with Gasteiger partial charge in [0.2, 0.25) is 5.91 Å².